The number of halogens is 1. The van der Waals surface area contributed by atoms with Gasteiger partial charge in [-0.2, -0.15) is 0 Å². The molecule has 0 fully saturated rings. The summed E-state index contributed by atoms with van der Waals surface area (Å²) in [6.07, 6.45) is -0.212. The second kappa shape index (κ2) is 7.35. The van der Waals surface area contributed by atoms with Gasteiger partial charge in [-0.15, -0.1) is 0 Å². The van der Waals surface area contributed by atoms with Crippen molar-refractivity contribution < 1.29 is 19.4 Å². The molecule has 0 aliphatic rings. The number of aromatic hydroxyl groups is 1. The standard InChI is InChI=1S/C12H16BrNO4/c1-17-7-9(18-2)6-14-12(16)10-4-3-8(13)5-11(10)15/h3-5,9,15H,6-7H2,1-2H3,(H,14,16). The minimum Gasteiger partial charge on any atom is -0.507 e. The monoisotopic (exact) mass is 317 g/mol. The van der Waals surface area contributed by atoms with Crippen LogP contribution in [0.4, 0.5) is 0 Å². The van der Waals surface area contributed by atoms with Crippen molar-refractivity contribution in [2.45, 2.75) is 6.10 Å². The molecule has 1 aromatic carbocycles. The highest BCUT2D eigenvalue weighted by Crippen LogP contribution is 2.21. The molecule has 0 heterocycles. The number of carbonyl (C=O) groups is 1. The summed E-state index contributed by atoms with van der Waals surface area (Å²) < 4.78 is 10.8. The summed E-state index contributed by atoms with van der Waals surface area (Å²) >= 11 is 3.21. The number of rotatable bonds is 6. The van der Waals surface area contributed by atoms with Crippen LogP contribution in [0, 0.1) is 0 Å². The SMILES string of the molecule is COCC(CNC(=O)c1ccc(Br)cc1O)OC. The van der Waals surface area contributed by atoms with Crippen molar-refractivity contribution in [1.82, 2.24) is 5.32 Å². The third kappa shape index (κ3) is 4.29. The molecule has 18 heavy (non-hydrogen) atoms. The van der Waals surface area contributed by atoms with E-state index in [0.717, 1.165) is 0 Å². The Morgan fingerprint density at radius 3 is 2.78 bits per heavy atom. The minimum atomic E-state index is -0.349. The number of phenols is 1. The topological polar surface area (TPSA) is 67.8 Å². The van der Waals surface area contributed by atoms with Crippen LogP contribution >= 0.6 is 15.9 Å². The fourth-order valence-electron chi connectivity index (χ4n) is 1.39. The van der Waals surface area contributed by atoms with E-state index in [1.807, 2.05) is 0 Å². The number of hydrogen-bond acceptors (Lipinski definition) is 4. The Labute approximate surface area is 114 Å². The molecule has 0 radical (unpaired) electrons. The van der Waals surface area contributed by atoms with Gasteiger partial charge in [-0.1, -0.05) is 15.9 Å². The van der Waals surface area contributed by atoms with Gasteiger partial charge in [0.15, 0.2) is 0 Å². The average Bonchev–Trinajstić information content (AvgIpc) is 2.34. The fraction of sp³-hybridized carbons (Fsp3) is 0.417. The third-order valence-electron chi connectivity index (χ3n) is 2.38. The molecular weight excluding hydrogens is 302 g/mol. The molecule has 0 aliphatic heterocycles. The largest absolute Gasteiger partial charge is 0.507 e. The van der Waals surface area contributed by atoms with E-state index >= 15 is 0 Å². The number of ether oxygens (including phenoxy) is 2. The molecule has 6 heteroatoms. The number of amides is 1. The van der Waals surface area contributed by atoms with Crippen LogP contribution in [-0.2, 0) is 9.47 Å². The van der Waals surface area contributed by atoms with Gasteiger partial charge >= 0.3 is 0 Å². The summed E-state index contributed by atoms with van der Waals surface area (Å²) in [6, 6.07) is 4.71. The quantitative estimate of drug-likeness (QED) is 0.835. The van der Waals surface area contributed by atoms with Crippen LogP contribution in [0.15, 0.2) is 22.7 Å². The van der Waals surface area contributed by atoms with Crippen LogP contribution in [0.25, 0.3) is 0 Å². The summed E-state index contributed by atoms with van der Waals surface area (Å²) in [5.74, 6) is -0.416. The Kier molecular flexibility index (Phi) is 6.11. The average molecular weight is 318 g/mol. The molecule has 100 valence electrons. The van der Waals surface area contributed by atoms with Crippen molar-refractivity contribution in [3.63, 3.8) is 0 Å². The number of phenolic OH excluding ortho intramolecular Hbond substituents is 1. The van der Waals surface area contributed by atoms with Gasteiger partial charge in [0.05, 0.1) is 18.3 Å². The van der Waals surface area contributed by atoms with Crippen LogP contribution in [0.2, 0.25) is 0 Å². The predicted molar refractivity (Wildman–Crippen MR) is 70.8 cm³/mol. The van der Waals surface area contributed by atoms with Crippen LogP contribution in [-0.4, -0.2) is 44.5 Å². The Bertz CT molecular complexity index is 411. The van der Waals surface area contributed by atoms with Crippen LogP contribution in [0.5, 0.6) is 5.75 Å². The highest BCUT2D eigenvalue weighted by molar-refractivity contribution is 9.10. The number of benzene rings is 1. The zero-order chi connectivity index (χ0) is 13.5. The van der Waals surface area contributed by atoms with Crippen molar-refractivity contribution in [3.05, 3.63) is 28.2 Å². The number of nitrogens with one attached hydrogen (secondary N) is 1. The lowest BCUT2D eigenvalue weighted by Crippen LogP contribution is -2.35. The lowest BCUT2D eigenvalue weighted by atomic mass is 10.2. The van der Waals surface area contributed by atoms with Crippen molar-refractivity contribution in [1.29, 1.82) is 0 Å². The molecular formula is C12H16BrNO4. The van der Waals surface area contributed by atoms with Crippen molar-refractivity contribution in [3.8, 4) is 5.75 Å². The van der Waals surface area contributed by atoms with Crippen LogP contribution in [0.1, 0.15) is 10.4 Å². The molecule has 2 N–H and O–H groups in total. The summed E-state index contributed by atoms with van der Waals surface area (Å²) in [5, 5.41) is 12.3. The molecule has 1 amide bonds. The molecule has 0 spiro atoms. The van der Waals surface area contributed by atoms with E-state index < -0.39 is 0 Å². The van der Waals surface area contributed by atoms with Crippen molar-refractivity contribution in [2.24, 2.45) is 0 Å². The highest BCUT2D eigenvalue weighted by atomic mass is 79.9. The van der Waals surface area contributed by atoms with Gasteiger partial charge in [-0.25, -0.2) is 0 Å². The molecule has 0 saturated heterocycles. The fourth-order valence-corrected chi connectivity index (χ4v) is 1.74. The smallest absolute Gasteiger partial charge is 0.255 e. The molecule has 0 saturated carbocycles. The zero-order valence-electron chi connectivity index (χ0n) is 10.3. The zero-order valence-corrected chi connectivity index (χ0v) is 11.9. The first kappa shape index (κ1) is 14.9. The molecule has 1 unspecified atom stereocenters. The maximum atomic E-state index is 11.8. The van der Waals surface area contributed by atoms with E-state index in [-0.39, 0.29) is 23.3 Å². The van der Waals surface area contributed by atoms with E-state index in [1.54, 1.807) is 26.4 Å². The van der Waals surface area contributed by atoms with E-state index in [1.165, 1.54) is 6.07 Å². The molecule has 0 aromatic heterocycles. The first-order chi connectivity index (χ1) is 8.58. The second-order valence-corrected chi connectivity index (χ2v) is 4.60. The normalized spacial score (nSPS) is 12.2. The van der Waals surface area contributed by atoms with Gasteiger partial charge in [0.1, 0.15) is 5.75 Å². The van der Waals surface area contributed by atoms with Gasteiger partial charge < -0.3 is 19.9 Å². The van der Waals surface area contributed by atoms with E-state index in [4.69, 9.17) is 9.47 Å². The number of methoxy groups -OCH3 is 2. The van der Waals surface area contributed by atoms with E-state index in [2.05, 4.69) is 21.2 Å². The first-order valence-electron chi connectivity index (χ1n) is 5.37. The molecule has 0 bridgehead atoms. The Morgan fingerprint density at radius 2 is 2.22 bits per heavy atom. The van der Waals surface area contributed by atoms with Crippen LogP contribution < -0.4 is 5.32 Å². The molecule has 1 aromatic rings. The van der Waals surface area contributed by atoms with Gasteiger partial charge in [0.2, 0.25) is 0 Å². The maximum absolute atomic E-state index is 11.8. The Hall–Kier alpha value is -1.11. The highest BCUT2D eigenvalue weighted by Gasteiger charge is 2.13. The lowest BCUT2D eigenvalue weighted by molar-refractivity contribution is 0.0285. The maximum Gasteiger partial charge on any atom is 0.255 e. The summed E-state index contributed by atoms with van der Waals surface area (Å²) in [5.41, 5.74) is 0.227. The van der Waals surface area contributed by atoms with Crippen LogP contribution in [0.3, 0.4) is 0 Å². The Balaban J connectivity index is 2.59. The molecule has 5 nitrogen and oxygen atoms in total. The van der Waals surface area contributed by atoms with Crippen molar-refractivity contribution >= 4 is 21.8 Å². The van der Waals surface area contributed by atoms with Gasteiger partial charge in [0, 0.05) is 25.2 Å². The number of carbonyl (C=O) groups excluding carboxylic acids is 1. The predicted octanol–water partition coefficient (Wildman–Crippen LogP) is 1.55. The lowest BCUT2D eigenvalue weighted by Gasteiger charge is -2.15. The second-order valence-electron chi connectivity index (χ2n) is 3.68. The minimum absolute atomic E-state index is 0.0671. The third-order valence-corrected chi connectivity index (χ3v) is 2.87. The van der Waals surface area contributed by atoms with Gasteiger partial charge in [-0.05, 0) is 18.2 Å². The Morgan fingerprint density at radius 1 is 1.50 bits per heavy atom. The van der Waals surface area contributed by atoms with Crippen molar-refractivity contribution in [2.75, 3.05) is 27.4 Å². The van der Waals surface area contributed by atoms with E-state index in [0.29, 0.717) is 17.6 Å². The first-order valence-corrected chi connectivity index (χ1v) is 6.16. The summed E-state index contributed by atoms with van der Waals surface area (Å²) in [4.78, 5) is 11.8. The summed E-state index contributed by atoms with van der Waals surface area (Å²) in [6.45, 7) is 0.710. The molecule has 1 atom stereocenters. The van der Waals surface area contributed by atoms with E-state index in [9.17, 15) is 9.90 Å². The summed E-state index contributed by atoms with van der Waals surface area (Å²) in [7, 11) is 3.11. The molecule has 0 aliphatic carbocycles. The van der Waals surface area contributed by atoms with Gasteiger partial charge in [-0.3, -0.25) is 4.79 Å². The van der Waals surface area contributed by atoms with Gasteiger partial charge in [0.25, 0.3) is 5.91 Å². The molecule has 1 rings (SSSR count). The number of hydrogen-bond donors (Lipinski definition) is 2.